The fraction of sp³-hybridized carbons (Fsp3) is 0.350. The zero-order chi connectivity index (χ0) is 20.2. The highest BCUT2D eigenvalue weighted by atomic mass is 19.4. The molecule has 0 saturated heterocycles. The molecule has 0 spiro atoms. The molecule has 1 heterocycles. The van der Waals surface area contributed by atoms with E-state index in [0.29, 0.717) is 31.2 Å². The summed E-state index contributed by atoms with van der Waals surface area (Å²) in [6, 6.07) is 10.9. The molecule has 5 nitrogen and oxygen atoms in total. The summed E-state index contributed by atoms with van der Waals surface area (Å²) in [5.41, 5.74) is 1.61. The van der Waals surface area contributed by atoms with Gasteiger partial charge in [-0.2, -0.15) is 13.2 Å². The van der Waals surface area contributed by atoms with Crippen LogP contribution >= 0.6 is 0 Å². The topological polar surface area (TPSA) is 58.8 Å². The van der Waals surface area contributed by atoms with E-state index in [0.717, 1.165) is 17.7 Å². The summed E-state index contributed by atoms with van der Waals surface area (Å²) in [5.74, 6) is 1.53. The van der Waals surface area contributed by atoms with Gasteiger partial charge in [-0.25, -0.2) is 4.99 Å². The Labute approximate surface area is 162 Å². The molecule has 28 heavy (non-hydrogen) atoms. The van der Waals surface area contributed by atoms with Gasteiger partial charge in [-0.15, -0.1) is 6.58 Å². The predicted octanol–water partition coefficient (Wildman–Crippen LogP) is 3.82. The molecular formula is C20H24F3N3O2. The third-order valence-electron chi connectivity index (χ3n) is 3.63. The number of nitrogens with zero attached hydrogens (tertiary/aromatic N) is 1. The summed E-state index contributed by atoms with van der Waals surface area (Å²) in [4.78, 5) is 4.51. The van der Waals surface area contributed by atoms with Crippen LogP contribution in [0.2, 0.25) is 0 Å². The first-order chi connectivity index (χ1) is 13.5. The van der Waals surface area contributed by atoms with Gasteiger partial charge < -0.3 is 19.8 Å². The molecule has 0 bridgehead atoms. The van der Waals surface area contributed by atoms with E-state index in [1.54, 1.807) is 24.5 Å². The van der Waals surface area contributed by atoms with Crippen LogP contribution in [-0.2, 0) is 24.3 Å². The number of benzene rings is 1. The van der Waals surface area contributed by atoms with Gasteiger partial charge in [-0.3, -0.25) is 0 Å². The quantitative estimate of drug-likeness (QED) is 0.365. The first-order valence-corrected chi connectivity index (χ1v) is 8.84. The molecule has 0 saturated carbocycles. The fourth-order valence-corrected chi connectivity index (χ4v) is 2.30. The monoisotopic (exact) mass is 395 g/mol. The second-order valence-electron chi connectivity index (χ2n) is 6.02. The molecule has 0 aliphatic rings. The van der Waals surface area contributed by atoms with Gasteiger partial charge in [-0.1, -0.05) is 30.3 Å². The van der Waals surface area contributed by atoms with Crippen molar-refractivity contribution in [3.05, 3.63) is 72.2 Å². The molecule has 0 unspecified atom stereocenters. The van der Waals surface area contributed by atoms with Crippen LogP contribution in [-0.4, -0.2) is 31.8 Å². The molecule has 2 rings (SSSR count). The lowest BCUT2D eigenvalue weighted by molar-refractivity contribution is -0.176. The van der Waals surface area contributed by atoms with E-state index >= 15 is 0 Å². The van der Waals surface area contributed by atoms with Gasteiger partial charge >= 0.3 is 6.18 Å². The Morgan fingerprint density at radius 2 is 1.89 bits per heavy atom. The molecular weight excluding hydrogens is 371 g/mol. The van der Waals surface area contributed by atoms with Gasteiger partial charge in [0.25, 0.3) is 0 Å². The molecule has 2 N–H and O–H groups in total. The minimum Gasteiger partial charge on any atom is -0.469 e. The lowest BCUT2D eigenvalue weighted by atomic mass is 10.1. The Morgan fingerprint density at radius 3 is 2.54 bits per heavy atom. The first-order valence-electron chi connectivity index (χ1n) is 8.84. The summed E-state index contributed by atoms with van der Waals surface area (Å²) in [6.07, 6.45) is -0.209. The average molecular weight is 395 g/mol. The van der Waals surface area contributed by atoms with Crippen molar-refractivity contribution in [2.24, 2.45) is 4.99 Å². The Balaban J connectivity index is 1.83. The van der Waals surface area contributed by atoms with Crippen LogP contribution in [0.1, 0.15) is 16.9 Å². The van der Waals surface area contributed by atoms with Crippen LogP contribution in [0.25, 0.3) is 0 Å². The van der Waals surface area contributed by atoms with Crippen LogP contribution in [0.5, 0.6) is 0 Å². The van der Waals surface area contributed by atoms with E-state index in [1.165, 1.54) is 0 Å². The molecule has 152 valence electrons. The Kier molecular flexibility index (Phi) is 8.61. The number of aliphatic imine (C=N–C) groups is 1. The summed E-state index contributed by atoms with van der Waals surface area (Å²) in [7, 11) is 0. The SMILES string of the molecule is C=CCNC(=NCc1ccc(COCC(F)(F)F)cc1)NCCc1ccco1. The molecule has 1 aromatic carbocycles. The number of furan rings is 1. The lowest BCUT2D eigenvalue weighted by Crippen LogP contribution is -2.38. The molecule has 2 aromatic rings. The van der Waals surface area contributed by atoms with Crippen molar-refractivity contribution >= 4 is 5.96 Å². The summed E-state index contributed by atoms with van der Waals surface area (Å²) < 4.78 is 46.2. The van der Waals surface area contributed by atoms with Gasteiger partial charge in [-0.05, 0) is 23.3 Å². The van der Waals surface area contributed by atoms with E-state index < -0.39 is 12.8 Å². The molecule has 0 fully saturated rings. The Morgan fingerprint density at radius 1 is 1.14 bits per heavy atom. The molecule has 0 amide bonds. The third kappa shape index (κ3) is 8.77. The molecule has 0 radical (unpaired) electrons. The molecule has 0 aliphatic carbocycles. The van der Waals surface area contributed by atoms with Crippen molar-refractivity contribution in [2.75, 3.05) is 19.7 Å². The van der Waals surface area contributed by atoms with Crippen molar-refractivity contribution in [2.45, 2.75) is 25.7 Å². The van der Waals surface area contributed by atoms with Gasteiger partial charge in [0.2, 0.25) is 0 Å². The molecule has 1 aromatic heterocycles. The Hall–Kier alpha value is -2.74. The van der Waals surface area contributed by atoms with Crippen LogP contribution in [0.15, 0.2) is 64.7 Å². The molecule has 0 atom stereocenters. The molecule has 8 heteroatoms. The standard InChI is InChI=1S/C20H24F3N3O2/c1-2-10-24-19(25-11-9-18-4-3-12-28-18)26-13-16-5-7-17(8-6-16)14-27-15-20(21,22)23/h2-8,12H,1,9-11,13-15H2,(H2,24,25,26). The van der Waals surface area contributed by atoms with Gasteiger partial charge in [0.05, 0.1) is 19.4 Å². The van der Waals surface area contributed by atoms with Crippen molar-refractivity contribution in [1.82, 2.24) is 10.6 Å². The second kappa shape index (κ2) is 11.2. The summed E-state index contributed by atoms with van der Waals surface area (Å²) in [5, 5.41) is 6.36. The van der Waals surface area contributed by atoms with E-state index in [4.69, 9.17) is 4.42 Å². The summed E-state index contributed by atoms with van der Waals surface area (Å²) >= 11 is 0. The highest BCUT2D eigenvalue weighted by Gasteiger charge is 2.27. The number of halogens is 3. The number of guanidine groups is 1. The number of alkyl halides is 3. The maximum Gasteiger partial charge on any atom is 0.411 e. The highest BCUT2D eigenvalue weighted by Crippen LogP contribution is 2.16. The number of hydrogen-bond acceptors (Lipinski definition) is 3. The van der Waals surface area contributed by atoms with Crippen molar-refractivity contribution in [3.8, 4) is 0 Å². The van der Waals surface area contributed by atoms with Crippen molar-refractivity contribution in [1.29, 1.82) is 0 Å². The normalized spacial score (nSPS) is 12.0. The van der Waals surface area contributed by atoms with Crippen molar-refractivity contribution < 1.29 is 22.3 Å². The highest BCUT2D eigenvalue weighted by molar-refractivity contribution is 5.79. The zero-order valence-electron chi connectivity index (χ0n) is 15.5. The van der Waals surface area contributed by atoms with Crippen molar-refractivity contribution in [3.63, 3.8) is 0 Å². The van der Waals surface area contributed by atoms with Gasteiger partial charge in [0.1, 0.15) is 12.4 Å². The Bertz CT molecular complexity index is 726. The smallest absolute Gasteiger partial charge is 0.411 e. The second-order valence-corrected chi connectivity index (χ2v) is 6.02. The third-order valence-corrected chi connectivity index (χ3v) is 3.63. The number of ether oxygens (including phenoxy) is 1. The lowest BCUT2D eigenvalue weighted by Gasteiger charge is -2.11. The fourth-order valence-electron chi connectivity index (χ4n) is 2.30. The zero-order valence-corrected chi connectivity index (χ0v) is 15.5. The first kappa shape index (κ1) is 21.6. The minimum absolute atomic E-state index is 0.0798. The van der Waals surface area contributed by atoms with E-state index in [9.17, 15) is 13.2 Å². The average Bonchev–Trinajstić information content (AvgIpc) is 3.17. The predicted molar refractivity (Wildman–Crippen MR) is 102 cm³/mol. The number of nitrogens with one attached hydrogen (secondary N) is 2. The maximum absolute atomic E-state index is 12.1. The van der Waals surface area contributed by atoms with Crippen LogP contribution in [0.4, 0.5) is 13.2 Å². The van der Waals surface area contributed by atoms with Gasteiger partial charge in [0, 0.05) is 19.5 Å². The number of rotatable bonds is 10. The van der Waals surface area contributed by atoms with E-state index in [1.807, 2.05) is 24.3 Å². The van der Waals surface area contributed by atoms with E-state index in [2.05, 4.69) is 26.9 Å². The minimum atomic E-state index is -4.31. The number of hydrogen-bond donors (Lipinski definition) is 2. The molecule has 0 aliphatic heterocycles. The summed E-state index contributed by atoms with van der Waals surface area (Å²) in [6.45, 7) is 4.01. The van der Waals surface area contributed by atoms with Crippen LogP contribution in [0, 0.1) is 0 Å². The van der Waals surface area contributed by atoms with Crippen LogP contribution in [0.3, 0.4) is 0 Å². The van der Waals surface area contributed by atoms with Crippen LogP contribution < -0.4 is 10.6 Å². The largest absolute Gasteiger partial charge is 0.469 e. The van der Waals surface area contributed by atoms with E-state index in [-0.39, 0.29) is 6.61 Å². The van der Waals surface area contributed by atoms with Gasteiger partial charge in [0.15, 0.2) is 5.96 Å². The maximum atomic E-state index is 12.1.